The second kappa shape index (κ2) is 7.19. The lowest BCUT2D eigenvalue weighted by Crippen LogP contribution is -2.51. The molecule has 1 aliphatic carbocycles. The van der Waals surface area contributed by atoms with E-state index in [1.54, 1.807) is 19.1 Å². The number of hydrogen-bond donors (Lipinski definition) is 1. The zero-order valence-corrected chi connectivity index (χ0v) is 16.5. The maximum Gasteiger partial charge on any atom is 0.351 e. The average Bonchev–Trinajstić information content (AvgIpc) is 3.49. The van der Waals surface area contributed by atoms with E-state index in [1.807, 2.05) is 43.3 Å². The first-order valence-corrected chi connectivity index (χ1v) is 9.80. The standard InChI is InChI=1S/C23H24O6/c1-3-27-20(24)23(26)21(25)29-19(22(23)12-13-22)16-8-10-18(11-9-16)28-14-17-7-5-4-6-15(17)2/h4-11,19,26H,3,12-14H2,1-2H3/t19-,23+/m1/s1. The molecule has 1 saturated carbocycles. The summed E-state index contributed by atoms with van der Waals surface area (Å²) in [6.45, 7) is 4.21. The number of esters is 2. The monoisotopic (exact) mass is 396 g/mol. The van der Waals surface area contributed by atoms with Gasteiger partial charge in [0.1, 0.15) is 18.5 Å². The Morgan fingerprint density at radius 1 is 1.17 bits per heavy atom. The molecule has 0 aromatic heterocycles. The van der Waals surface area contributed by atoms with Gasteiger partial charge in [-0.1, -0.05) is 36.4 Å². The van der Waals surface area contributed by atoms with E-state index in [2.05, 4.69) is 0 Å². The summed E-state index contributed by atoms with van der Waals surface area (Å²) < 4.78 is 16.3. The van der Waals surface area contributed by atoms with Crippen LogP contribution in [-0.2, 0) is 25.7 Å². The van der Waals surface area contributed by atoms with Crippen molar-refractivity contribution in [2.45, 2.75) is 45.0 Å². The summed E-state index contributed by atoms with van der Waals surface area (Å²) in [6, 6.07) is 15.2. The molecule has 6 nitrogen and oxygen atoms in total. The van der Waals surface area contributed by atoms with E-state index in [4.69, 9.17) is 14.2 Å². The van der Waals surface area contributed by atoms with Crippen LogP contribution in [0.15, 0.2) is 48.5 Å². The predicted octanol–water partition coefficient (Wildman–Crippen LogP) is 3.25. The van der Waals surface area contributed by atoms with Crippen molar-refractivity contribution in [3.8, 4) is 5.75 Å². The molecule has 0 unspecified atom stereocenters. The number of cyclic esters (lactones) is 1. The highest BCUT2D eigenvalue weighted by Crippen LogP contribution is 2.67. The van der Waals surface area contributed by atoms with Gasteiger partial charge in [-0.2, -0.15) is 0 Å². The second-order valence-electron chi connectivity index (χ2n) is 7.66. The van der Waals surface area contributed by atoms with Crippen molar-refractivity contribution in [3.05, 3.63) is 65.2 Å². The predicted molar refractivity (Wildman–Crippen MR) is 104 cm³/mol. The molecule has 152 valence electrons. The minimum Gasteiger partial charge on any atom is -0.489 e. The first-order chi connectivity index (χ1) is 13.9. The molecule has 6 heteroatoms. The van der Waals surface area contributed by atoms with Gasteiger partial charge in [0.05, 0.1) is 12.0 Å². The molecule has 4 rings (SSSR count). The van der Waals surface area contributed by atoms with Crippen molar-refractivity contribution >= 4 is 11.9 Å². The van der Waals surface area contributed by atoms with Crippen LogP contribution in [0.5, 0.6) is 5.75 Å². The minimum absolute atomic E-state index is 0.0854. The fourth-order valence-corrected chi connectivity index (χ4v) is 4.04. The Bertz CT molecular complexity index is 931. The number of benzene rings is 2. The number of carbonyl (C=O) groups is 2. The normalized spacial score (nSPS) is 24.2. The van der Waals surface area contributed by atoms with E-state index in [1.165, 1.54) is 0 Å². The van der Waals surface area contributed by atoms with Crippen LogP contribution in [0.3, 0.4) is 0 Å². The highest BCUT2D eigenvalue weighted by Gasteiger charge is 2.78. The number of carbonyl (C=O) groups excluding carboxylic acids is 2. The Morgan fingerprint density at radius 3 is 2.48 bits per heavy atom. The van der Waals surface area contributed by atoms with Crippen molar-refractivity contribution in [2.75, 3.05) is 6.61 Å². The molecular formula is C23H24O6. The molecule has 1 aliphatic heterocycles. The van der Waals surface area contributed by atoms with Crippen LogP contribution < -0.4 is 4.74 Å². The summed E-state index contributed by atoms with van der Waals surface area (Å²) in [6.07, 6.45) is 0.351. The summed E-state index contributed by atoms with van der Waals surface area (Å²) in [7, 11) is 0. The van der Waals surface area contributed by atoms with Gasteiger partial charge >= 0.3 is 11.9 Å². The molecule has 2 aliphatic rings. The van der Waals surface area contributed by atoms with Crippen LogP contribution in [0.4, 0.5) is 0 Å². The first-order valence-electron chi connectivity index (χ1n) is 9.80. The smallest absolute Gasteiger partial charge is 0.351 e. The number of aliphatic hydroxyl groups is 1. The molecular weight excluding hydrogens is 372 g/mol. The highest BCUT2D eigenvalue weighted by molar-refractivity contribution is 6.06. The van der Waals surface area contributed by atoms with E-state index in [-0.39, 0.29) is 6.61 Å². The van der Waals surface area contributed by atoms with Crippen LogP contribution in [0.25, 0.3) is 0 Å². The lowest BCUT2D eigenvalue weighted by molar-refractivity contribution is -0.178. The number of aryl methyl sites for hydroxylation is 1. The molecule has 1 saturated heterocycles. The van der Waals surface area contributed by atoms with E-state index >= 15 is 0 Å². The van der Waals surface area contributed by atoms with Crippen LogP contribution >= 0.6 is 0 Å². The summed E-state index contributed by atoms with van der Waals surface area (Å²) in [4.78, 5) is 24.7. The maximum absolute atomic E-state index is 12.4. The largest absolute Gasteiger partial charge is 0.489 e. The van der Waals surface area contributed by atoms with Gasteiger partial charge in [-0.25, -0.2) is 9.59 Å². The van der Waals surface area contributed by atoms with Crippen molar-refractivity contribution < 1.29 is 28.9 Å². The molecule has 0 amide bonds. The van der Waals surface area contributed by atoms with Gasteiger partial charge in [0.15, 0.2) is 0 Å². The van der Waals surface area contributed by atoms with E-state index in [0.717, 1.165) is 16.7 Å². The minimum atomic E-state index is -2.24. The van der Waals surface area contributed by atoms with Crippen LogP contribution in [0, 0.1) is 12.3 Å². The van der Waals surface area contributed by atoms with Crippen molar-refractivity contribution in [2.24, 2.45) is 5.41 Å². The van der Waals surface area contributed by atoms with Gasteiger partial charge in [-0.3, -0.25) is 0 Å². The Hall–Kier alpha value is -2.86. The maximum atomic E-state index is 12.4. The van der Waals surface area contributed by atoms with Gasteiger partial charge in [0.2, 0.25) is 0 Å². The zero-order valence-electron chi connectivity index (χ0n) is 16.5. The third kappa shape index (κ3) is 3.08. The lowest BCUT2D eigenvalue weighted by atomic mass is 9.80. The fraction of sp³-hybridized carbons (Fsp3) is 0.391. The molecule has 0 bridgehead atoms. The molecule has 2 atom stereocenters. The van der Waals surface area contributed by atoms with Crippen molar-refractivity contribution in [1.82, 2.24) is 0 Å². The Labute approximate surface area is 169 Å². The molecule has 1 N–H and O–H groups in total. The van der Waals surface area contributed by atoms with E-state index in [0.29, 0.717) is 25.2 Å². The molecule has 1 spiro atoms. The quantitative estimate of drug-likeness (QED) is 0.596. The lowest BCUT2D eigenvalue weighted by Gasteiger charge is -2.25. The van der Waals surface area contributed by atoms with Gasteiger partial charge in [-0.05, 0) is 55.5 Å². The molecule has 29 heavy (non-hydrogen) atoms. The van der Waals surface area contributed by atoms with E-state index in [9.17, 15) is 14.7 Å². The molecule has 1 heterocycles. The van der Waals surface area contributed by atoms with Crippen molar-refractivity contribution in [1.29, 1.82) is 0 Å². The Kier molecular flexibility index (Phi) is 4.82. The summed E-state index contributed by atoms with van der Waals surface area (Å²) in [5.74, 6) is -1.17. The van der Waals surface area contributed by atoms with Crippen LogP contribution in [-0.4, -0.2) is 29.3 Å². The fourth-order valence-electron chi connectivity index (χ4n) is 4.04. The first kappa shape index (κ1) is 19.5. The van der Waals surface area contributed by atoms with Gasteiger partial charge in [0, 0.05) is 0 Å². The second-order valence-corrected chi connectivity index (χ2v) is 7.66. The Morgan fingerprint density at radius 2 is 1.86 bits per heavy atom. The number of hydrogen-bond acceptors (Lipinski definition) is 6. The highest BCUT2D eigenvalue weighted by atomic mass is 16.6. The topological polar surface area (TPSA) is 82.1 Å². The summed E-state index contributed by atoms with van der Waals surface area (Å²) >= 11 is 0. The third-order valence-electron chi connectivity index (χ3n) is 5.94. The average molecular weight is 396 g/mol. The zero-order chi connectivity index (χ0) is 20.6. The number of ether oxygens (including phenoxy) is 3. The summed E-state index contributed by atoms with van der Waals surface area (Å²) in [5.41, 5.74) is -0.207. The van der Waals surface area contributed by atoms with Crippen LogP contribution in [0.1, 0.15) is 42.6 Å². The molecule has 2 aromatic rings. The third-order valence-corrected chi connectivity index (χ3v) is 5.94. The van der Waals surface area contributed by atoms with Crippen LogP contribution in [0.2, 0.25) is 0 Å². The SMILES string of the molecule is CCOC(=O)[C@]1(O)C(=O)O[C@H](c2ccc(OCc3ccccc3C)cc2)C12CC2. The summed E-state index contributed by atoms with van der Waals surface area (Å²) in [5, 5.41) is 10.9. The Balaban J connectivity index is 1.50. The molecule has 0 radical (unpaired) electrons. The number of rotatable bonds is 6. The van der Waals surface area contributed by atoms with Gasteiger partial charge in [-0.15, -0.1) is 0 Å². The van der Waals surface area contributed by atoms with Gasteiger partial charge < -0.3 is 19.3 Å². The van der Waals surface area contributed by atoms with Crippen molar-refractivity contribution in [3.63, 3.8) is 0 Å². The van der Waals surface area contributed by atoms with E-state index < -0.39 is 29.1 Å². The van der Waals surface area contributed by atoms with Gasteiger partial charge in [0.25, 0.3) is 5.60 Å². The molecule has 2 fully saturated rings. The molecule has 2 aromatic carbocycles.